The number of halogens is 3. The molecule has 0 saturated carbocycles. The van der Waals surface area contributed by atoms with Crippen LogP contribution in [0.4, 0.5) is 0 Å². The van der Waals surface area contributed by atoms with Gasteiger partial charge in [-0.15, -0.1) is 0 Å². The topological polar surface area (TPSA) is 51.5 Å². The molecule has 0 saturated heterocycles. The molecule has 0 amide bonds. The van der Waals surface area contributed by atoms with Gasteiger partial charge in [-0.1, -0.05) is 34.8 Å². The zero-order valence-corrected chi connectivity index (χ0v) is 12.1. The van der Waals surface area contributed by atoms with Crippen LogP contribution < -0.4 is 9.47 Å². The number of rotatable bonds is 4. The summed E-state index contributed by atoms with van der Waals surface area (Å²) in [6, 6.07) is 5.21. The van der Waals surface area contributed by atoms with Crippen molar-refractivity contribution in [3.63, 3.8) is 0 Å². The van der Waals surface area contributed by atoms with Gasteiger partial charge in [0.1, 0.15) is 18.1 Å². The summed E-state index contributed by atoms with van der Waals surface area (Å²) in [5.74, 6) is 0.806. The molecule has 0 heterocycles. The molecule has 1 aromatic carbocycles. The van der Waals surface area contributed by atoms with Crippen molar-refractivity contribution in [2.45, 2.75) is 10.4 Å². The fraction of sp³-hybridized carbons (Fsp3) is 0.364. The molecule has 1 aromatic rings. The first kappa shape index (κ1) is 15.2. The van der Waals surface area contributed by atoms with Gasteiger partial charge in [-0.05, 0) is 18.2 Å². The van der Waals surface area contributed by atoms with Gasteiger partial charge in [-0.2, -0.15) is 0 Å². The van der Waals surface area contributed by atoms with Gasteiger partial charge in [0.2, 0.25) is 5.90 Å². The smallest absolute Gasteiger partial charge is 0.265 e. The van der Waals surface area contributed by atoms with Gasteiger partial charge >= 0.3 is 0 Å². The van der Waals surface area contributed by atoms with Gasteiger partial charge in [0.25, 0.3) is 3.79 Å². The number of benzene rings is 1. The summed E-state index contributed by atoms with van der Waals surface area (Å²) in [6.45, 7) is 0.0487. The van der Waals surface area contributed by atoms with Crippen molar-refractivity contribution in [1.82, 2.24) is 0 Å². The minimum absolute atomic E-state index is 0.0487. The van der Waals surface area contributed by atoms with E-state index in [4.69, 9.17) is 54.4 Å². The summed E-state index contributed by atoms with van der Waals surface area (Å²) < 4.78 is 13.5. The molecule has 100 valence electrons. The lowest BCUT2D eigenvalue weighted by molar-refractivity contribution is 0.275. The molecule has 0 fully saturated rings. The second-order valence-corrected chi connectivity index (χ2v) is 5.57. The molecule has 4 nitrogen and oxygen atoms in total. The highest BCUT2D eigenvalue weighted by atomic mass is 35.6. The number of nitrogens with one attached hydrogen (secondary N) is 1. The van der Waals surface area contributed by atoms with Crippen molar-refractivity contribution in [3.8, 4) is 11.5 Å². The van der Waals surface area contributed by atoms with E-state index in [1.54, 1.807) is 25.3 Å². The van der Waals surface area contributed by atoms with E-state index in [9.17, 15) is 0 Å². The fourth-order valence-corrected chi connectivity index (χ4v) is 1.39. The first-order chi connectivity index (χ1) is 8.38. The summed E-state index contributed by atoms with van der Waals surface area (Å²) in [6.07, 6.45) is 0. The Morgan fingerprint density at radius 2 is 1.89 bits per heavy atom. The van der Waals surface area contributed by atoms with Crippen LogP contribution in [-0.4, -0.2) is 23.9 Å². The van der Waals surface area contributed by atoms with E-state index in [0.717, 1.165) is 0 Å². The Morgan fingerprint density at radius 1 is 1.22 bits per heavy atom. The first-order valence-electron chi connectivity index (χ1n) is 4.88. The monoisotopic (exact) mass is 311 g/mol. The second kappa shape index (κ2) is 6.36. The lowest BCUT2D eigenvalue weighted by atomic mass is 10.2. The minimum Gasteiger partial charge on any atom is -0.497 e. The van der Waals surface area contributed by atoms with Crippen LogP contribution in [0.5, 0.6) is 11.5 Å². The van der Waals surface area contributed by atoms with Gasteiger partial charge in [-0.25, -0.2) is 0 Å². The summed E-state index contributed by atoms with van der Waals surface area (Å²) in [7, 11) is 3.08. The highest BCUT2D eigenvalue weighted by Gasteiger charge is 2.28. The Hall–Kier alpha value is -0.840. The average molecular weight is 313 g/mol. The predicted molar refractivity (Wildman–Crippen MR) is 72.4 cm³/mol. The van der Waals surface area contributed by atoms with Crippen LogP contribution in [0.3, 0.4) is 0 Å². The van der Waals surface area contributed by atoms with Crippen molar-refractivity contribution < 1.29 is 14.2 Å². The zero-order valence-electron chi connectivity index (χ0n) is 9.80. The molecule has 7 heteroatoms. The summed E-state index contributed by atoms with van der Waals surface area (Å²) in [4.78, 5) is 0. The molecule has 1 rings (SSSR count). The molecule has 18 heavy (non-hydrogen) atoms. The summed E-state index contributed by atoms with van der Waals surface area (Å²) >= 11 is 16.5. The van der Waals surface area contributed by atoms with Crippen molar-refractivity contribution in [2.75, 3.05) is 14.2 Å². The van der Waals surface area contributed by atoms with E-state index in [-0.39, 0.29) is 6.61 Å². The molecule has 0 aliphatic heterocycles. The molecule has 0 atom stereocenters. The molecule has 0 bridgehead atoms. The lowest BCUT2D eigenvalue weighted by Crippen LogP contribution is -2.21. The van der Waals surface area contributed by atoms with E-state index in [2.05, 4.69) is 0 Å². The molecule has 0 unspecified atom stereocenters. The van der Waals surface area contributed by atoms with E-state index in [1.165, 1.54) is 7.11 Å². The SMILES string of the molecule is COc1ccc(OC)c(COC(=N)C(Cl)(Cl)Cl)c1. The third kappa shape index (κ3) is 4.12. The van der Waals surface area contributed by atoms with E-state index in [0.29, 0.717) is 17.1 Å². The molecule has 0 aliphatic rings. The Labute approximate surface area is 120 Å². The normalized spacial score (nSPS) is 10.9. The number of methoxy groups -OCH3 is 2. The molecule has 0 spiro atoms. The molecule has 0 aliphatic carbocycles. The number of alkyl halides is 3. The molecular weight excluding hydrogens is 300 g/mol. The Kier molecular flexibility index (Phi) is 5.38. The van der Waals surface area contributed by atoms with E-state index >= 15 is 0 Å². The molecule has 0 aromatic heterocycles. The Bertz CT molecular complexity index is 432. The Balaban J connectivity index is 2.80. The van der Waals surface area contributed by atoms with Crippen molar-refractivity contribution >= 4 is 40.7 Å². The third-order valence-corrected chi connectivity index (χ3v) is 2.63. The maximum absolute atomic E-state index is 7.43. The standard InChI is InChI=1S/C11H12Cl3NO3/c1-16-8-3-4-9(17-2)7(5-8)6-18-10(15)11(12,13)14/h3-5,15H,6H2,1-2H3. The predicted octanol–water partition coefficient (Wildman–Crippen LogP) is 3.57. The second-order valence-electron chi connectivity index (χ2n) is 3.29. The highest BCUT2D eigenvalue weighted by molar-refractivity contribution is 6.76. The highest BCUT2D eigenvalue weighted by Crippen LogP contribution is 2.29. The lowest BCUT2D eigenvalue weighted by Gasteiger charge is -2.15. The zero-order chi connectivity index (χ0) is 13.8. The van der Waals surface area contributed by atoms with Crippen LogP contribution in [0, 0.1) is 5.41 Å². The van der Waals surface area contributed by atoms with Crippen LogP contribution in [0.25, 0.3) is 0 Å². The van der Waals surface area contributed by atoms with Crippen LogP contribution in [-0.2, 0) is 11.3 Å². The van der Waals surface area contributed by atoms with Crippen molar-refractivity contribution in [1.29, 1.82) is 5.41 Å². The van der Waals surface area contributed by atoms with E-state index < -0.39 is 9.69 Å². The van der Waals surface area contributed by atoms with Crippen molar-refractivity contribution in [2.24, 2.45) is 0 Å². The van der Waals surface area contributed by atoms with Gasteiger partial charge in [0, 0.05) is 5.56 Å². The number of ether oxygens (including phenoxy) is 3. The third-order valence-electron chi connectivity index (χ3n) is 2.12. The summed E-state index contributed by atoms with van der Waals surface area (Å²) in [5, 5.41) is 7.43. The first-order valence-corrected chi connectivity index (χ1v) is 6.01. The number of hydrogen-bond donors (Lipinski definition) is 1. The molecular formula is C11H12Cl3NO3. The maximum Gasteiger partial charge on any atom is 0.265 e. The number of hydrogen-bond acceptors (Lipinski definition) is 4. The van der Waals surface area contributed by atoms with Gasteiger partial charge in [-0.3, -0.25) is 5.41 Å². The fourth-order valence-electron chi connectivity index (χ4n) is 1.23. The minimum atomic E-state index is -1.87. The van der Waals surface area contributed by atoms with E-state index in [1.807, 2.05) is 0 Å². The van der Waals surface area contributed by atoms with Crippen LogP contribution in [0.15, 0.2) is 18.2 Å². The van der Waals surface area contributed by atoms with Gasteiger partial charge in [0.05, 0.1) is 14.2 Å². The van der Waals surface area contributed by atoms with Gasteiger partial charge < -0.3 is 14.2 Å². The van der Waals surface area contributed by atoms with Crippen LogP contribution in [0.2, 0.25) is 0 Å². The maximum atomic E-state index is 7.43. The quantitative estimate of drug-likeness (QED) is 0.525. The summed E-state index contributed by atoms with van der Waals surface area (Å²) in [5.41, 5.74) is 0.691. The largest absolute Gasteiger partial charge is 0.497 e. The van der Waals surface area contributed by atoms with Crippen LogP contribution in [0.1, 0.15) is 5.56 Å². The Morgan fingerprint density at radius 3 is 2.39 bits per heavy atom. The molecule has 1 N–H and O–H groups in total. The van der Waals surface area contributed by atoms with Crippen molar-refractivity contribution in [3.05, 3.63) is 23.8 Å². The average Bonchev–Trinajstić information content (AvgIpc) is 2.34. The van der Waals surface area contributed by atoms with Gasteiger partial charge in [0.15, 0.2) is 0 Å². The van der Waals surface area contributed by atoms with Crippen LogP contribution >= 0.6 is 34.8 Å². The molecule has 0 radical (unpaired) electrons.